The first-order chi connectivity index (χ1) is 14.3. The van der Waals surface area contributed by atoms with Gasteiger partial charge in [-0.05, 0) is 44.9 Å². The van der Waals surface area contributed by atoms with Crippen LogP contribution in [0, 0.1) is 12.8 Å². The highest BCUT2D eigenvalue weighted by atomic mass is 32.2. The Morgan fingerprint density at radius 1 is 1.03 bits per heavy atom. The molecule has 0 unspecified atom stereocenters. The molecule has 0 atom stereocenters. The smallest absolute Gasteiger partial charge is 0.281 e. The number of hydrogen-bond acceptors (Lipinski definition) is 5. The van der Waals surface area contributed by atoms with Crippen molar-refractivity contribution in [1.82, 2.24) is 18.6 Å². The number of carbonyl (C=O) groups is 1. The summed E-state index contributed by atoms with van der Waals surface area (Å²) in [6, 6.07) is 0. The molecule has 2 aliphatic heterocycles. The summed E-state index contributed by atoms with van der Waals surface area (Å²) in [6.45, 7) is 8.44. The minimum absolute atomic E-state index is 0.122. The van der Waals surface area contributed by atoms with Gasteiger partial charge in [-0.15, -0.1) is 0 Å². The standard InChI is InChI=1S/C21H33N5O3S/c1-4-24(5-2)30(28,29)25-12-10-17(11-13-25)20-22-15(3)18-8-9-19(27)26(21(18)23-20)14-16-6-7-16/h16-17H,4-14H2,1-3H3. The summed E-state index contributed by atoms with van der Waals surface area (Å²) in [5.74, 6) is 2.46. The zero-order chi connectivity index (χ0) is 21.5. The van der Waals surface area contributed by atoms with Crippen molar-refractivity contribution in [2.24, 2.45) is 5.92 Å². The van der Waals surface area contributed by atoms with Crippen LogP contribution >= 0.6 is 0 Å². The molecule has 3 heterocycles. The van der Waals surface area contributed by atoms with Crippen LogP contribution in [0.2, 0.25) is 0 Å². The molecule has 3 aliphatic rings. The van der Waals surface area contributed by atoms with E-state index in [1.807, 2.05) is 25.7 Å². The molecule has 4 rings (SSSR count). The first-order valence-electron chi connectivity index (χ1n) is 11.3. The van der Waals surface area contributed by atoms with Gasteiger partial charge in [0.25, 0.3) is 10.2 Å². The van der Waals surface area contributed by atoms with Gasteiger partial charge in [-0.3, -0.25) is 9.69 Å². The summed E-state index contributed by atoms with van der Waals surface area (Å²) < 4.78 is 28.7. The van der Waals surface area contributed by atoms with Crippen molar-refractivity contribution in [3.63, 3.8) is 0 Å². The number of rotatable bonds is 7. The van der Waals surface area contributed by atoms with Crippen LogP contribution in [0.25, 0.3) is 0 Å². The number of nitrogens with zero attached hydrogens (tertiary/aromatic N) is 5. The second-order valence-corrected chi connectivity index (χ2v) is 10.6. The highest BCUT2D eigenvalue weighted by molar-refractivity contribution is 7.86. The Morgan fingerprint density at radius 3 is 2.30 bits per heavy atom. The van der Waals surface area contributed by atoms with Gasteiger partial charge in [-0.25, -0.2) is 9.97 Å². The van der Waals surface area contributed by atoms with Crippen LogP contribution < -0.4 is 4.90 Å². The van der Waals surface area contributed by atoms with Crippen LogP contribution in [-0.4, -0.2) is 65.6 Å². The van der Waals surface area contributed by atoms with E-state index < -0.39 is 10.2 Å². The molecule has 2 fully saturated rings. The van der Waals surface area contributed by atoms with Crippen LogP contribution in [-0.2, 0) is 21.4 Å². The Hall–Kier alpha value is -1.58. The molecule has 1 saturated carbocycles. The monoisotopic (exact) mass is 435 g/mol. The van der Waals surface area contributed by atoms with Gasteiger partial charge >= 0.3 is 0 Å². The van der Waals surface area contributed by atoms with Gasteiger partial charge in [0.2, 0.25) is 5.91 Å². The molecule has 0 spiro atoms. The molecule has 0 bridgehead atoms. The number of carbonyl (C=O) groups excluding carboxylic acids is 1. The lowest BCUT2D eigenvalue weighted by Crippen LogP contribution is -2.47. The van der Waals surface area contributed by atoms with Gasteiger partial charge in [-0.1, -0.05) is 13.8 Å². The maximum atomic E-state index is 12.8. The van der Waals surface area contributed by atoms with Gasteiger partial charge in [0.05, 0.1) is 0 Å². The molecule has 0 N–H and O–H groups in total. The molecular formula is C21H33N5O3S. The number of amides is 1. The molecule has 0 radical (unpaired) electrons. The Labute approximate surface area is 179 Å². The third kappa shape index (κ3) is 4.11. The molecule has 1 amide bonds. The van der Waals surface area contributed by atoms with Crippen LogP contribution in [0.4, 0.5) is 5.82 Å². The predicted molar refractivity (Wildman–Crippen MR) is 116 cm³/mol. The van der Waals surface area contributed by atoms with E-state index in [0.29, 0.717) is 57.8 Å². The van der Waals surface area contributed by atoms with Gasteiger partial charge in [0.1, 0.15) is 11.6 Å². The molecule has 0 aromatic carbocycles. The van der Waals surface area contributed by atoms with E-state index in [4.69, 9.17) is 9.97 Å². The summed E-state index contributed by atoms with van der Waals surface area (Å²) in [4.78, 5) is 24.1. The number of aromatic nitrogens is 2. The fourth-order valence-corrected chi connectivity index (χ4v) is 6.24. The summed E-state index contributed by atoms with van der Waals surface area (Å²) >= 11 is 0. The predicted octanol–water partition coefficient (Wildman–Crippen LogP) is 2.24. The fourth-order valence-electron chi connectivity index (χ4n) is 4.59. The van der Waals surface area contributed by atoms with Crippen molar-refractivity contribution < 1.29 is 13.2 Å². The first-order valence-corrected chi connectivity index (χ1v) is 12.7. The zero-order valence-corrected chi connectivity index (χ0v) is 19.1. The number of hydrogen-bond donors (Lipinski definition) is 0. The third-order valence-electron chi connectivity index (χ3n) is 6.67. The highest BCUT2D eigenvalue weighted by Gasteiger charge is 2.36. The summed E-state index contributed by atoms with van der Waals surface area (Å²) in [5.41, 5.74) is 2.06. The van der Waals surface area contributed by atoms with E-state index >= 15 is 0 Å². The maximum Gasteiger partial charge on any atom is 0.281 e. The zero-order valence-electron chi connectivity index (χ0n) is 18.3. The Morgan fingerprint density at radius 2 is 1.70 bits per heavy atom. The number of piperidine rings is 1. The lowest BCUT2D eigenvalue weighted by molar-refractivity contribution is -0.119. The Balaban J connectivity index is 1.53. The van der Waals surface area contributed by atoms with Crippen LogP contribution in [0.1, 0.15) is 69.0 Å². The summed E-state index contributed by atoms with van der Waals surface area (Å²) in [5, 5.41) is 0. The molecule has 9 heteroatoms. The lowest BCUT2D eigenvalue weighted by Gasteiger charge is -2.35. The van der Waals surface area contributed by atoms with E-state index in [-0.39, 0.29) is 11.8 Å². The van der Waals surface area contributed by atoms with E-state index in [1.165, 1.54) is 17.1 Å². The number of aryl methyl sites for hydroxylation is 1. The van der Waals surface area contributed by atoms with Crippen molar-refractivity contribution in [2.45, 2.75) is 65.2 Å². The van der Waals surface area contributed by atoms with E-state index in [9.17, 15) is 13.2 Å². The van der Waals surface area contributed by atoms with Gasteiger partial charge in [0.15, 0.2) is 0 Å². The van der Waals surface area contributed by atoms with Crippen molar-refractivity contribution in [2.75, 3.05) is 37.6 Å². The molecule has 30 heavy (non-hydrogen) atoms. The second-order valence-electron chi connectivity index (χ2n) is 8.68. The van der Waals surface area contributed by atoms with E-state index in [2.05, 4.69) is 0 Å². The van der Waals surface area contributed by atoms with Gasteiger partial charge < -0.3 is 0 Å². The highest BCUT2D eigenvalue weighted by Crippen LogP contribution is 2.36. The number of anilines is 1. The largest absolute Gasteiger partial charge is 0.296 e. The maximum absolute atomic E-state index is 12.8. The van der Waals surface area contributed by atoms with Crippen LogP contribution in [0.15, 0.2) is 0 Å². The normalized spacial score (nSPS) is 21.3. The van der Waals surface area contributed by atoms with Crippen molar-refractivity contribution in [3.05, 3.63) is 17.1 Å². The van der Waals surface area contributed by atoms with E-state index in [1.54, 1.807) is 4.31 Å². The summed E-state index contributed by atoms with van der Waals surface area (Å²) in [6.07, 6.45) is 5.03. The van der Waals surface area contributed by atoms with Gasteiger partial charge in [0, 0.05) is 56.3 Å². The minimum Gasteiger partial charge on any atom is -0.296 e. The molecule has 8 nitrogen and oxygen atoms in total. The Bertz CT molecular complexity index is 903. The lowest BCUT2D eigenvalue weighted by atomic mass is 9.96. The average Bonchev–Trinajstić information content (AvgIpc) is 3.55. The topological polar surface area (TPSA) is 86.7 Å². The molecule has 1 aliphatic carbocycles. The van der Waals surface area contributed by atoms with Crippen LogP contribution in [0.3, 0.4) is 0 Å². The van der Waals surface area contributed by atoms with Gasteiger partial charge in [-0.2, -0.15) is 17.0 Å². The first kappa shape index (κ1) is 21.6. The van der Waals surface area contributed by atoms with Crippen molar-refractivity contribution >= 4 is 21.9 Å². The second kappa shape index (κ2) is 8.51. The van der Waals surface area contributed by atoms with E-state index in [0.717, 1.165) is 29.4 Å². The summed E-state index contributed by atoms with van der Waals surface area (Å²) in [7, 11) is -3.40. The third-order valence-corrected chi connectivity index (χ3v) is 8.86. The Kier molecular flexibility index (Phi) is 6.14. The SMILES string of the molecule is CCN(CC)S(=O)(=O)N1CCC(c2nc(C)c3c(n2)N(CC2CC2)C(=O)CC3)CC1. The fraction of sp³-hybridized carbons (Fsp3) is 0.762. The van der Waals surface area contributed by atoms with Crippen LogP contribution in [0.5, 0.6) is 0 Å². The molecule has 1 aromatic heterocycles. The quantitative estimate of drug-likeness (QED) is 0.656. The van der Waals surface area contributed by atoms with Crippen molar-refractivity contribution in [3.8, 4) is 0 Å². The molecule has 166 valence electrons. The average molecular weight is 436 g/mol. The molecule has 1 aromatic rings. The number of fused-ring (bicyclic) bond motifs is 1. The van der Waals surface area contributed by atoms with Crippen molar-refractivity contribution in [1.29, 1.82) is 0 Å². The minimum atomic E-state index is -3.40. The molecular weight excluding hydrogens is 402 g/mol. The molecule has 1 saturated heterocycles.